The first-order valence-corrected chi connectivity index (χ1v) is 6.22. The molecule has 1 heterocycles. The predicted molar refractivity (Wildman–Crippen MR) is 78.4 cm³/mol. The summed E-state index contributed by atoms with van der Waals surface area (Å²) >= 11 is 0. The first-order chi connectivity index (χ1) is 9.70. The third-order valence-electron chi connectivity index (χ3n) is 2.89. The molecule has 0 atom stereocenters. The molecule has 0 radical (unpaired) electrons. The van der Waals surface area contributed by atoms with Crippen LogP contribution in [0.5, 0.6) is 0 Å². The molecule has 3 rings (SSSR count). The molecule has 0 bridgehead atoms. The molecule has 0 aliphatic rings. The average Bonchev–Trinajstić information content (AvgIpc) is 2.83. The first kappa shape index (κ1) is 12.3. The molecule has 0 unspecified atom stereocenters. The van der Waals surface area contributed by atoms with E-state index in [0.29, 0.717) is 5.95 Å². The van der Waals surface area contributed by atoms with Gasteiger partial charge in [-0.1, -0.05) is 18.2 Å². The second-order valence-corrected chi connectivity index (χ2v) is 4.53. The molecule has 100 valence electrons. The lowest BCUT2D eigenvalue weighted by molar-refractivity contribution is 0.628. The van der Waals surface area contributed by atoms with E-state index in [2.05, 4.69) is 20.5 Å². The van der Waals surface area contributed by atoms with E-state index in [1.807, 2.05) is 25.1 Å². The maximum atomic E-state index is 12.7. The lowest BCUT2D eigenvalue weighted by Gasteiger charge is -1.94. The van der Waals surface area contributed by atoms with Gasteiger partial charge in [0.15, 0.2) is 0 Å². The fourth-order valence-corrected chi connectivity index (χ4v) is 1.89. The highest BCUT2D eigenvalue weighted by Gasteiger charge is 2.00. The lowest BCUT2D eigenvalue weighted by atomic mass is 10.2. The van der Waals surface area contributed by atoms with Crippen molar-refractivity contribution in [1.82, 2.24) is 9.97 Å². The van der Waals surface area contributed by atoms with Crippen molar-refractivity contribution in [3.63, 3.8) is 0 Å². The number of rotatable bonds is 3. The SMILES string of the molecule is Cc1ccc2nc(N/N=C\c3ccc(F)cc3)[nH]c2c1. The molecule has 0 saturated carbocycles. The molecule has 0 amide bonds. The van der Waals surface area contributed by atoms with E-state index >= 15 is 0 Å². The van der Waals surface area contributed by atoms with Crippen LogP contribution in [0.15, 0.2) is 47.6 Å². The molecule has 0 aliphatic heterocycles. The predicted octanol–water partition coefficient (Wildman–Crippen LogP) is 3.46. The molecule has 0 fully saturated rings. The number of nitrogens with zero attached hydrogens (tertiary/aromatic N) is 2. The van der Waals surface area contributed by atoms with Gasteiger partial charge in [0.1, 0.15) is 5.82 Å². The van der Waals surface area contributed by atoms with Gasteiger partial charge in [-0.3, -0.25) is 0 Å². The third-order valence-corrected chi connectivity index (χ3v) is 2.89. The van der Waals surface area contributed by atoms with Crippen molar-refractivity contribution in [1.29, 1.82) is 0 Å². The van der Waals surface area contributed by atoms with Crippen molar-refractivity contribution in [3.05, 3.63) is 59.4 Å². The first-order valence-electron chi connectivity index (χ1n) is 6.22. The Morgan fingerprint density at radius 1 is 1.20 bits per heavy atom. The minimum Gasteiger partial charge on any atom is -0.323 e. The molecule has 0 aliphatic carbocycles. The van der Waals surface area contributed by atoms with Crippen LogP contribution in [0.25, 0.3) is 11.0 Å². The van der Waals surface area contributed by atoms with Crippen molar-refractivity contribution in [2.75, 3.05) is 5.43 Å². The maximum Gasteiger partial charge on any atom is 0.222 e. The number of anilines is 1. The van der Waals surface area contributed by atoms with E-state index in [9.17, 15) is 4.39 Å². The second kappa shape index (κ2) is 5.13. The molecular formula is C15H13FN4. The summed E-state index contributed by atoms with van der Waals surface area (Å²) in [7, 11) is 0. The Kier molecular flexibility index (Phi) is 3.16. The number of H-pyrrole nitrogens is 1. The molecule has 1 aromatic heterocycles. The highest BCUT2D eigenvalue weighted by molar-refractivity contribution is 5.81. The molecule has 4 nitrogen and oxygen atoms in total. The van der Waals surface area contributed by atoms with Gasteiger partial charge in [-0.15, -0.1) is 0 Å². The Labute approximate surface area is 115 Å². The van der Waals surface area contributed by atoms with Crippen LogP contribution in [0.1, 0.15) is 11.1 Å². The minimum atomic E-state index is -0.261. The van der Waals surface area contributed by atoms with Gasteiger partial charge in [0, 0.05) is 0 Å². The van der Waals surface area contributed by atoms with E-state index in [1.54, 1.807) is 18.3 Å². The number of imidazole rings is 1. The van der Waals surface area contributed by atoms with Crippen LogP contribution in [-0.2, 0) is 0 Å². The lowest BCUT2D eigenvalue weighted by Crippen LogP contribution is -1.92. The molecule has 0 saturated heterocycles. The molecule has 5 heteroatoms. The monoisotopic (exact) mass is 268 g/mol. The van der Waals surface area contributed by atoms with Gasteiger partial charge in [0.05, 0.1) is 17.2 Å². The summed E-state index contributed by atoms with van der Waals surface area (Å²) in [6.45, 7) is 2.03. The number of halogens is 1. The zero-order chi connectivity index (χ0) is 13.9. The number of aromatic amines is 1. The highest BCUT2D eigenvalue weighted by atomic mass is 19.1. The standard InChI is InChI=1S/C15H13FN4/c1-10-2-7-13-14(8-10)19-15(18-13)20-17-9-11-3-5-12(16)6-4-11/h2-9H,1H3,(H2,18,19,20)/b17-9-. The van der Waals surface area contributed by atoms with Crippen LogP contribution >= 0.6 is 0 Å². The Morgan fingerprint density at radius 2 is 2.00 bits per heavy atom. The second-order valence-electron chi connectivity index (χ2n) is 4.53. The third kappa shape index (κ3) is 2.66. The summed E-state index contributed by atoms with van der Waals surface area (Å²) < 4.78 is 12.7. The zero-order valence-corrected chi connectivity index (χ0v) is 10.9. The van der Waals surface area contributed by atoms with Crippen molar-refractivity contribution in [3.8, 4) is 0 Å². The Bertz CT molecular complexity index is 759. The van der Waals surface area contributed by atoms with Crippen LogP contribution in [0, 0.1) is 12.7 Å². The number of hydrogen-bond acceptors (Lipinski definition) is 3. The molecular weight excluding hydrogens is 255 g/mol. The van der Waals surface area contributed by atoms with Gasteiger partial charge in [-0.2, -0.15) is 5.10 Å². The normalized spacial score (nSPS) is 11.3. The quantitative estimate of drug-likeness (QED) is 0.564. The number of aromatic nitrogens is 2. The maximum absolute atomic E-state index is 12.7. The summed E-state index contributed by atoms with van der Waals surface area (Å²) in [4.78, 5) is 7.49. The zero-order valence-electron chi connectivity index (χ0n) is 10.9. The van der Waals surface area contributed by atoms with Gasteiger partial charge in [0.2, 0.25) is 5.95 Å². The Balaban J connectivity index is 1.74. The smallest absolute Gasteiger partial charge is 0.222 e. The number of hydrogen-bond donors (Lipinski definition) is 2. The fraction of sp³-hybridized carbons (Fsp3) is 0.0667. The molecule has 20 heavy (non-hydrogen) atoms. The van der Waals surface area contributed by atoms with Crippen molar-refractivity contribution >= 4 is 23.2 Å². The number of aryl methyl sites for hydroxylation is 1. The van der Waals surface area contributed by atoms with Gasteiger partial charge >= 0.3 is 0 Å². The van der Waals surface area contributed by atoms with Crippen LogP contribution in [0.4, 0.5) is 10.3 Å². The van der Waals surface area contributed by atoms with Crippen molar-refractivity contribution in [2.24, 2.45) is 5.10 Å². The number of hydrazone groups is 1. The summed E-state index contributed by atoms with van der Waals surface area (Å²) in [5.74, 6) is 0.312. The molecule has 2 N–H and O–H groups in total. The number of benzene rings is 2. The van der Waals surface area contributed by atoms with Gasteiger partial charge in [0.25, 0.3) is 0 Å². The van der Waals surface area contributed by atoms with E-state index in [0.717, 1.165) is 16.6 Å². The number of fused-ring (bicyclic) bond motifs is 1. The van der Waals surface area contributed by atoms with E-state index in [1.165, 1.54) is 17.7 Å². The topological polar surface area (TPSA) is 53.1 Å². The van der Waals surface area contributed by atoms with Crippen LogP contribution < -0.4 is 5.43 Å². The van der Waals surface area contributed by atoms with E-state index in [-0.39, 0.29) is 5.82 Å². The number of nitrogens with one attached hydrogen (secondary N) is 2. The summed E-state index contributed by atoms with van der Waals surface area (Å²) in [5.41, 5.74) is 6.65. The van der Waals surface area contributed by atoms with Crippen LogP contribution in [0.3, 0.4) is 0 Å². The summed E-state index contributed by atoms with van der Waals surface area (Å²) in [5, 5.41) is 4.07. The largest absolute Gasteiger partial charge is 0.323 e. The minimum absolute atomic E-state index is 0.261. The molecule has 0 spiro atoms. The Hall–Kier alpha value is -2.69. The molecule has 3 aromatic rings. The fourth-order valence-electron chi connectivity index (χ4n) is 1.89. The van der Waals surface area contributed by atoms with E-state index in [4.69, 9.17) is 0 Å². The summed E-state index contributed by atoms with van der Waals surface area (Å²) in [6.07, 6.45) is 1.61. The highest BCUT2D eigenvalue weighted by Crippen LogP contribution is 2.15. The van der Waals surface area contributed by atoms with Gasteiger partial charge in [-0.25, -0.2) is 14.8 Å². The van der Waals surface area contributed by atoms with Gasteiger partial charge in [-0.05, 0) is 42.3 Å². The van der Waals surface area contributed by atoms with Crippen LogP contribution in [-0.4, -0.2) is 16.2 Å². The summed E-state index contributed by atoms with van der Waals surface area (Å²) in [6, 6.07) is 12.1. The molecule has 2 aromatic carbocycles. The van der Waals surface area contributed by atoms with Crippen molar-refractivity contribution < 1.29 is 4.39 Å². The van der Waals surface area contributed by atoms with Crippen LogP contribution in [0.2, 0.25) is 0 Å². The Morgan fingerprint density at radius 3 is 2.80 bits per heavy atom. The van der Waals surface area contributed by atoms with Gasteiger partial charge < -0.3 is 4.98 Å². The van der Waals surface area contributed by atoms with Crippen molar-refractivity contribution in [2.45, 2.75) is 6.92 Å². The average molecular weight is 268 g/mol. The van der Waals surface area contributed by atoms with E-state index < -0.39 is 0 Å².